The molecule has 1 aliphatic rings. The number of pyridine rings is 1. The zero-order valence-corrected chi connectivity index (χ0v) is 18.8. The lowest BCUT2D eigenvalue weighted by atomic mass is 10.1. The molecular weight excluding hydrogens is 418 g/mol. The van der Waals surface area contributed by atoms with Crippen molar-refractivity contribution in [3.8, 4) is 5.75 Å². The summed E-state index contributed by atoms with van der Waals surface area (Å²) < 4.78 is 5.91. The Morgan fingerprint density at radius 1 is 1.06 bits per heavy atom. The lowest BCUT2D eigenvalue weighted by molar-refractivity contribution is 0.220. The van der Waals surface area contributed by atoms with E-state index in [2.05, 4.69) is 43.4 Å². The van der Waals surface area contributed by atoms with Gasteiger partial charge in [-0.2, -0.15) is 0 Å². The number of rotatable bonds is 10. The summed E-state index contributed by atoms with van der Waals surface area (Å²) in [5.74, 6) is 1.32. The van der Waals surface area contributed by atoms with Crippen molar-refractivity contribution in [2.45, 2.75) is 38.6 Å². The zero-order valence-electron chi connectivity index (χ0n) is 18.8. The van der Waals surface area contributed by atoms with Crippen LogP contribution in [0.25, 0.3) is 0 Å². The van der Waals surface area contributed by atoms with Crippen LogP contribution in [0.15, 0.2) is 58.4 Å². The lowest BCUT2D eigenvalue weighted by Crippen LogP contribution is -2.29. The second kappa shape index (κ2) is 11.5. The van der Waals surface area contributed by atoms with E-state index in [0.717, 1.165) is 24.3 Å². The molecule has 1 aromatic carbocycles. The number of anilines is 1. The molecule has 8 nitrogen and oxygen atoms in total. The Kier molecular flexibility index (Phi) is 7.92. The molecule has 2 aromatic heterocycles. The van der Waals surface area contributed by atoms with E-state index >= 15 is 0 Å². The molecule has 3 N–H and O–H groups in total. The SMILES string of the molecule is O=c1cc(Cc2cnc(NCCCOc3cccc(CN4CCCCC4)c3)[nH]c2=O)cc[nH]1. The number of benzene rings is 1. The minimum Gasteiger partial charge on any atom is -0.494 e. The van der Waals surface area contributed by atoms with Gasteiger partial charge in [-0.3, -0.25) is 19.5 Å². The van der Waals surface area contributed by atoms with Gasteiger partial charge in [0.2, 0.25) is 11.5 Å². The van der Waals surface area contributed by atoms with Gasteiger partial charge in [-0.15, -0.1) is 0 Å². The number of piperidine rings is 1. The predicted octanol–water partition coefficient (Wildman–Crippen LogP) is 2.92. The second-order valence-electron chi connectivity index (χ2n) is 8.44. The summed E-state index contributed by atoms with van der Waals surface area (Å²) in [6.07, 6.45) is 8.18. The van der Waals surface area contributed by atoms with E-state index in [4.69, 9.17) is 4.74 Å². The van der Waals surface area contributed by atoms with Gasteiger partial charge in [0, 0.05) is 43.5 Å². The molecule has 33 heavy (non-hydrogen) atoms. The largest absolute Gasteiger partial charge is 0.494 e. The van der Waals surface area contributed by atoms with Gasteiger partial charge in [-0.05, 0) is 61.7 Å². The topological polar surface area (TPSA) is 103 Å². The maximum absolute atomic E-state index is 12.3. The fourth-order valence-electron chi connectivity index (χ4n) is 4.03. The molecule has 0 spiro atoms. The number of nitrogens with one attached hydrogen (secondary N) is 3. The summed E-state index contributed by atoms with van der Waals surface area (Å²) in [7, 11) is 0. The summed E-state index contributed by atoms with van der Waals surface area (Å²) in [6.45, 7) is 4.54. The average Bonchev–Trinajstić information content (AvgIpc) is 2.82. The summed E-state index contributed by atoms with van der Waals surface area (Å²) in [4.78, 5) is 35.8. The molecule has 3 aromatic rings. The van der Waals surface area contributed by atoms with Crippen LogP contribution in [-0.2, 0) is 13.0 Å². The van der Waals surface area contributed by atoms with Crippen LogP contribution in [0, 0.1) is 0 Å². The van der Waals surface area contributed by atoms with E-state index in [0.29, 0.717) is 31.1 Å². The maximum Gasteiger partial charge on any atom is 0.255 e. The van der Waals surface area contributed by atoms with Crippen LogP contribution in [-0.4, -0.2) is 46.1 Å². The molecule has 1 saturated heterocycles. The number of likely N-dealkylation sites (tertiary alicyclic amines) is 1. The van der Waals surface area contributed by atoms with Crippen molar-refractivity contribution in [1.82, 2.24) is 19.9 Å². The first-order valence-electron chi connectivity index (χ1n) is 11.6. The van der Waals surface area contributed by atoms with Crippen molar-refractivity contribution < 1.29 is 4.74 Å². The number of H-pyrrole nitrogens is 2. The van der Waals surface area contributed by atoms with Gasteiger partial charge < -0.3 is 15.0 Å². The first-order chi connectivity index (χ1) is 16.2. The molecule has 8 heteroatoms. The lowest BCUT2D eigenvalue weighted by Gasteiger charge is -2.26. The van der Waals surface area contributed by atoms with Crippen LogP contribution in [0.3, 0.4) is 0 Å². The summed E-state index contributed by atoms with van der Waals surface area (Å²) >= 11 is 0. The van der Waals surface area contributed by atoms with Gasteiger partial charge in [-0.1, -0.05) is 18.6 Å². The van der Waals surface area contributed by atoms with E-state index < -0.39 is 0 Å². The third kappa shape index (κ3) is 7.05. The molecule has 4 rings (SSSR count). The Morgan fingerprint density at radius 3 is 2.76 bits per heavy atom. The molecule has 0 bridgehead atoms. The summed E-state index contributed by atoms with van der Waals surface area (Å²) in [5, 5.41) is 3.13. The predicted molar refractivity (Wildman–Crippen MR) is 129 cm³/mol. The van der Waals surface area contributed by atoms with Gasteiger partial charge in [0.25, 0.3) is 5.56 Å². The second-order valence-corrected chi connectivity index (χ2v) is 8.44. The normalized spacial score (nSPS) is 14.2. The molecular formula is C25H31N5O3. The Bertz CT molecular complexity index is 1150. The number of ether oxygens (including phenoxy) is 1. The third-order valence-corrected chi connectivity index (χ3v) is 5.74. The number of hydrogen-bond donors (Lipinski definition) is 3. The van der Waals surface area contributed by atoms with E-state index in [9.17, 15) is 9.59 Å². The Morgan fingerprint density at radius 2 is 1.94 bits per heavy atom. The van der Waals surface area contributed by atoms with Crippen LogP contribution < -0.4 is 21.2 Å². The van der Waals surface area contributed by atoms with E-state index in [-0.39, 0.29) is 11.1 Å². The van der Waals surface area contributed by atoms with Crippen LogP contribution in [0.4, 0.5) is 5.95 Å². The van der Waals surface area contributed by atoms with Gasteiger partial charge in [0.1, 0.15) is 5.75 Å². The highest BCUT2D eigenvalue weighted by molar-refractivity contribution is 5.29. The molecule has 0 aliphatic carbocycles. The fraction of sp³-hybridized carbons (Fsp3) is 0.400. The molecule has 1 aliphatic heterocycles. The smallest absolute Gasteiger partial charge is 0.255 e. The maximum atomic E-state index is 12.3. The van der Waals surface area contributed by atoms with Crippen molar-refractivity contribution >= 4 is 5.95 Å². The monoisotopic (exact) mass is 449 g/mol. The minimum absolute atomic E-state index is 0.189. The van der Waals surface area contributed by atoms with Gasteiger partial charge >= 0.3 is 0 Å². The van der Waals surface area contributed by atoms with Crippen LogP contribution in [0.5, 0.6) is 5.75 Å². The number of nitrogens with zero attached hydrogens (tertiary/aromatic N) is 2. The molecule has 0 radical (unpaired) electrons. The first kappa shape index (κ1) is 22.8. The molecule has 1 fully saturated rings. The number of hydrogen-bond acceptors (Lipinski definition) is 6. The third-order valence-electron chi connectivity index (χ3n) is 5.74. The van der Waals surface area contributed by atoms with Crippen molar-refractivity contribution in [1.29, 1.82) is 0 Å². The van der Waals surface area contributed by atoms with Crippen molar-refractivity contribution in [3.63, 3.8) is 0 Å². The van der Waals surface area contributed by atoms with Crippen LogP contribution in [0.2, 0.25) is 0 Å². The van der Waals surface area contributed by atoms with Gasteiger partial charge in [-0.25, -0.2) is 4.98 Å². The minimum atomic E-state index is -0.213. The highest BCUT2D eigenvalue weighted by atomic mass is 16.5. The average molecular weight is 450 g/mol. The van der Waals surface area contributed by atoms with E-state index in [1.165, 1.54) is 44.0 Å². The molecule has 0 amide bonds. The first-order valence-corrected chi connectivity index (χ1v) is 11.6. The molecule has 0 atom stereocenters. The molecule has 0 unspecified atom stereocenters. The Labute approximate surface area is 193 Å². The fourth-order valence-corrected chi connectivity index (χ4v) is 4.03. The van der Waals surface area contributed by atoms with E-state index in [1.54, 1.807) is 18.5 Å². The summed E-state index contributed by atoms with van der Waals surface area (Å²) in [6, 6.07) is 11.6. The Hall–Kier alpha value is -3.39. The molecule has 174 valence electrons. The van der Waals surface area contributed by atoms with Gasteiger partial charge in [0.05, 0.1) is 6.61 Å². The standard InChI is InChI=1S/C25H31N5O3/c31-23-16-19(8-10-26-23)14-21-17-28-25(29-24(21)32)27-9-5-13-33-22-7-4-6-20(15-22)18-30-11-2-1-3-12-30/h4,6-8,10,15-17H,1-3,5,9,11-14,18H2,(H,26,31)(H2,27,28,29,32). The van der Waals surface area contributed by atoms with Crippen molar-refractivity contribution in [2.24, 2.45) is 0 Å². The molecule has 0 saturated carbocycles. The zero-order chi connectivity index (χ0) is 22.9. The highest BCUT2D eigenvalue weighted by Crippen LogP contribution is 2.17. The van der Waals surface area contributed by atoms with Gasteiger partial charge in [0.15, 0.2) is 0 Å². The van der Waals surface area contributed by atoms with Crippen molar-refractivity contribution in [3.05, 3.63) is 86.2 Å². The van der Waals surface area contributed by atoms with Crippen LogP contribution >= 0.6 is 0 Å². The number of aromatic nitrogens is 3. The Balaban J connectivity index is 1.20. The van der Waals surface area contributed by atoms with Crippen molar-refractivity contribution in [2.75, 3.05) is 31.6 Å². The van der Waals surface area contributed by atoms with E-state index in [1.807, 2.05) is 6.07 Å². The molecule has 3 heterocycles. The van der Waals surface area contributed by atoms with Crippen LogP contribution in [0.1, 0.15) is 42.4 Å². The quantitative estimate of drug-likeness (QED) is 0.411. The highest BCUT2D eigenvalue weighted by Gasteiger charge is 2.10. The summed E-state index contributed by atoms with van der Waals surface area (Å²) in [5.41, 5.74) is 2.16. The number of aromatic amines is 2.